The van der Waals surface area contributed by atoms with Crippen LogP contribution in [0, 0.1) is 6.92 Å². The summed E-state index contributed by atoms with van der Waals surface area (Å²) < 4.78 is 0. The van der Waals surface area contributed by atoms with E-state index in [1.54, 1.807) is 30.3 Å². The molecule has 0 bridgehead atoms. The number of nitrogens with one attached hydrogen (secondary N) is 1. The Morgan fingerprint density at radius 3 is 2.00 bits per heavy atom. The van der Waals surface area contributed by atoms with Gasteiger partial charge in [-0.25, -0.2) is 0 Å². The van der Waals surface area contributed by atoms with Crippen molar-refractivity contribution in [2.24, 2.45) is 0 Å². The van der Waals surface area contributed by atoms with E-state index in [1.165, 1.54) is 27.2 Å². The van der Waals surface area contributed by atoms with Crippen molar-refractivity contribution in [1.82, 2.24) is 4.90 Å². The number of carboxylic acid groups (broad SMARTS) is 1. The van der Waals surface area contributed by atoms with E-state index in [0.717, 1.165) is 25.2 Å². The number of hydrogen-bond donors (Lipinski definition) is 1. The number of likely N-dealkylation sites (N-methyl/N-ethyl adjacent to an activating group) is 1. The number of anilines is 4. The summed E-state index contributed by atoms with van der Waals surface area (Å²) in [5.41, 5.74) is 4.44. The molecule has 1 unspecified atom stereocenters. The molecule has 0 aliphatic carbocycles. The second-order valence-electron chi connectivity index (χ2n) is 9.73. The fourth-order valence-electron chi connectivity index (χ4n) is 4.88. The van der Waals surface area contributed by atoms with Crippen molar-refractivity contribution in [2.75, 3.05) is 29.9 Å². The quantitative estimate of drug-likeness (QED) is 0.238. The number of para-hydroxylation sites is 3. The first-order chi connectivity index (χ1) is 19.7. The minimum atomic E-state index is -1.26. The number of nitrogens with zero attached hydrogens (tertiary/aromatic N) is 2. The molecule has 1 heterocycles. The third-order valence-electron chi connectivity index (χ3n) is 7.11. The number of rotatable bonds is 8. The fraction of sp³-hybridized carbons (Fsp3) is 0.242. The van der Waals surface area contributed by atoms with Crippen molar-refractivity contribution in [2.45, 2.75) is 43.5 Å². The van der Waals surface area contributed by atoms with E-state index < -0.39 is 5.97 Å². The van der Waals surface area contributed by atoms with Gasteiger partial charge in [0.05, 0.1) is 33.1 Å². The van der Waals surface area contributed by atoms with Gasteiger partial charge in [-0.3, -0.25) is 4.90 Å². The molecule has 1 aliphatic rings. The molecular weight excluding hydrogens is 632 g/mol. The van der Waals surface area contributed by atoms with E-state index in [1.807, 2.05) is 18.7 Å². The second-order valence-corrected chi connectivity index (χ2v) is 11.6. The average Bonchev–Trinajstić information content (AvgIpc) is 2.98. The topological polar surface area (TPSA) is 58.6 Å². The van der Waals surface area contributed by atoms with Crippen molar-refractivity contribution >= 4 is 76.1 Å². The Kier molecular flexibility index (Phi) is 15.3. The third-order valence-corrected chi connectivity index (χ3v) is 9.04. The average molecular weight is 667 g/mol. The van der Waals surface area contributed by atoms with E-state index in [9.17, 15) is 9.90 Å². The summed E-state index contributed by atoms with van der Waals surface area (Å²) in [5, 5.41) is 14.9. The van der Waals surface area contributed by atoms with Gasteiger partial charge < -0.3 is 20.1 Å². The van der Waals surface area contributed by atoms with Crippen molar-refractivity contribution in [3.63, 3.8) is 0 Å². The first-order valence-electron chi connectivity index (χ1n) is 13.6. The summed E-state index contributed by atoms with van der Waals surface area (Å²) in [5.74, 6) is -1.26. The van der Waals surface area contributed by atoms with Gasteiger partial charge in [-0.15, -0.1) is 12.4 Å². The minimum absolute atomic E-state index is 0. The molecule has 5 nitrogen and oxygen atoms in total. The van der Waals surface area contributed by atoms with Crippen LogP contribution in [0.25, 0.3) is 0 Å². The molecule has 4 aromatic carbocycles. The number of benzene rings is 4. The van der Waals surface area contributed by atoms with Gasteiger partial charge in [0.15, 0.2) is 0 Å². The molecule has 0 amide bonds. The number of carbonyl (C=O) groups excluding carboxylic acids is 1. The van der Waals surface area contributed by atoms with Gasteiger partial charge >= 0.3 is 29.6 Å². The molecule has 1 aliphatic heterocycles. The SMILES string of the molecule is CCN(CC)C(C)CN1c2ccccc2Sc2ccccc21.Cc1ccc(Cl)c(Nc2ccccc2C(=O)[O-])c1Cl.Cl.[Na+]. The van der Waals surface area contributed by atoms with Crippen LogP contribution in [0.1, 0.15) is 36.7 Å². The zero-order chi connectivity index (χ0) is 29.5. The van der Waals surface area contributed by atoms with Crippen LogP contribution >= 0.6 is 47.4 Å². The number of aromatic carboxylic acids is 1. The molecule has 1 atom stereocenters. The predicted octanol–water partition coefficient (Wildman–Crippen LogP) is 5.85. The molecule has 0 saturated carbocycles. The van der Waals surface area contributed by atoms with Gasteiger partial charge in [0.2, 0.25) is 0 Å². The summed E-state index contributed by atoms with van der Waals surface area (Å²) in [6, 6.07) is 27.9. The summed E-state index contributed by atoms with van der Waals surface area (Å²) in [6.07, 6.45) is 0. The van der Waals surface area contributed by atoms with Gasteiger partial charge in [0.1, 0.15) is 0 Å². The first-order valence-corrected chi connectivity index (χ1v) is 15.2. The van der Waals surface area contributed by atoms with Gasteiger partial charge in [-0.1, -0.05) is 97.3 Å². The van der Waals surface area contributed by atoms with E-state index in [-0.39, 0.29) is 47.5 Å². The van der Waals surface area contributed by atoms with Crippen LogP contribution in [-0.2, 0) is 0 Å². The Hall–Kier alpha value is -1.87. The molecule has 0 radical (unpaired) electrons. The van der Waals surface area contributed by atoms with E-state index in [0.29, 0.717) is 27.5 Å². The summed E-state index contributed by atoms with van der Waals surface area (Å²) in [6.45, 7) is 11.9. The maximum absolute atomic E-state index is 11.0. The van der Waals surface area contributed by atoms with Gasteiger partial charge in [-0.05, 0) is 68.9 Å². The monoisotopic (exact) mass is 665 g/mol. The second kappa shape index (κ2) is 17.6. The maximum Gasteiger partial charge on any atom is 1.00 e. The molecule has 0 saturated heterocycles. The Balaban J connectivity index is 0.000000290. The molecule has 4 aromatic rings. The number of aryl methyl sites for hydroxylation is 1. The van der Waals surface area contributed by atoms with E-state index >= 15 is 0 Å². The Bertz CT molecular complexity index is 1480. The van der Waals surface area contributed by atoms with Crippen LogP contribution in [0.4, 0.5) is 22.7 Å². The summed E-state index contributed by atoms with van der Waals surface area (Å²) >= 11 is 14.1. The number of hydrogen-bond acceptors (Lipinski definition) is 6. The fourth-order valence-corrected chi connectivity index (χ4v) is 6.44. The van der Waals surface area contributed by atoms with Crippen LogP contribution in [0.5, 0.6) is 0 Å². The van der Waals surface area contributed by atoms with Crippen LogP contribution in [0.15, 0.2) is 94.7 Å². The maximum atomic E-state index is 11.0. The molecule has 0 spiro atoms. The summed E-state index contributed by atoms with van der Waals surface area (Å²) in [4.78, 5) is 18.8. The zero-order valence-corrected chi connectivity index (χ0v) is 30.2. The standard InChI is InChI=1S/C19H24N2S.C14H11Cl2NO2.ClH.Na/c1-4-20(5-2)15(3)14-21-16-10-6-8-12-18(16)22-19-13-9-7-11-17(19)21;1-8-6-7-10(15)13(12(8)16)17-11-5-3-2-4-9(11)14(18)19;;/h6-13,15H,4-5,14H2,1-3H3;2-7,17H,1H3,(H,18,19);1H;/q;;;+1/p-1. The van der Waals surface area contributed by atoms with Crippen molar-refractivity contribution in [3.8, 4) is 0 Å². The molecule has 1 N–H and O–H groups in total. The first kappa shape index (κ1) is 37.3. The number of fused-ring (bicyclic) bond motifs is 2. The number of carbonyl (C=O) groups is 1. The molecule has 43 heavy (non-hydrogen) atoms. The Morgan fingerprint density at radius 1 is 0.907 bits per heavy atom. The minimum Gasteiger partial charge on any atom is -0.545 e. The predicted molar refractivity (Wildman–Crippen MR) is 179 cm³/mol. The molecule has 0 aromatic heterocycles. The third kappa shape index (κ3) is 9.09. The van der Waals surface area contributed by atoms with Crippen molar-refractivity contribution in [3.05, 3.63) is 106 Å². The van der Waals surface area contributed by atoms with Crippen LogP contribution < -0.4 is 44.9 Å². The van der Waals surface area contributed by atoms with E-state index in [2.05, 4.69) is 84.4 Å². The molecule has 222 valence electrons. The number of halogens is 3. The van der Waals surface area contributed by atoms with Gasteiger partial charge in [0, 0.05) is 33.6 Å². The largest absolute Gasteiger partial charge is 1.00 e. The van der Waals surface area contributed by atoms with Crippen molar-refractivity contribution < 1.29 is 39.5 Å². The van der Waals surface area contributed by atoms with Crippen molar-refractivity contribution in [1.29, 1.82) is 0 Å². The van der Waals surface area contributed by atoms with Crippen LogP contribution in [0.3, 0.4) is 0 Å². The number of carboxylic acids is 1. The zero-order valence-electron chi connectivity index (χ0n) is 25.1. The van der Waals surface area contributed by atoms with Gasteiger partial charge in [-0.2, -0.15) is 0 Å². The smallest absolute Gasteiger partial charge is 0.545 e. The summed E-state index contributed by atoms with van der Waals surface area (Å²) in [7, 11) is 0. The Labute approximate surface area is 297 Å². The molecular formula is C33H35Cl3N3NaO2S. The van der Waals surface area contributed by atoms with E-state index in [4.69, 9.17) is 23.2 Å². The molecule has 5 rings (SSSR count). The normalized spacial score (nSPS) is 12.0. The molecule has 10 heteroatoms. The van der Waals surface area contributed by atoms with Gasteiger partial charge in [0.25, 0.3) is 0 Å². The Morgan fingerprint density at radius 2 is 1.44 bits per heavy atom. The van der Waals surface area contributed by atoms with Crippen LogP contribution in [-0.4, -0.2) is 36.5 Å². The van der Waals surface area contributed by atoms with Crippen LogP contribution in [0.2, 0.25) is 10.0 Å². The molecule has 0 fully saturated rings.